The lowest BCUT2D eigenvalue weighted by molar-refractivity contribution is -0.136. The average molecular weight is 379 g/mol. The van der Waals surface area contributed by atoms with Crippen molar-refractivity contribution in [3.05, 3.63) is 44.1 Å². The fourth-order valence-electron chi connectivity index (χ4n) is 1.64. The second kappa shape index (κ2) is 5.69. The Hall–Kier alpha value is -1.54. The molecule has 0 aliphatic heterocycles. The number of amides is 1. The molecule has 0 aliphatic carbocycles. The lowest BCUT2D eigenvalue weighted by Gasteiger charge is -2.12. The number of nitrogens with two attached hydrogens (primary N) is 1. The Morgan fingerprint density at radius 2 is 2.00 bits per heavy atom. The fourth-order valence-corrected chi connectivity index (χ4v) is 3.07. The van der Waals surface area contributed by atoms with Crippen LogP contribution in [-0.2, 0) is 6.18 Å². The third kappa shape index (κ3) is 3.56. The van der Waals surface area contributed by atoms with Gasteiger partial charge in [-0.15, -0.1) is 11.3 Å². The van der Waals surface area contributed by atoms with E-state index in [1.807, 2.05) is 6.92 Å². The number of alkyl halides is 3. The highest BCUT2D eigenvalue weighted by molar-refractivity contribution is 9.11. The zero-order chi connectivity index (χ0) is 15.8. The van der Waals surface area contributed by atoms with Crippen LogP contribution < -0.4 is 11.1 Å². The van der Waals surface area contributed by atoms with Crippen LogP contribution in [0.2, 0.25) is 0 Å². The van der Waals surface area contributed by atoms with Gasteiger partial charge in [-0.25, -0.2) is 0 Å². The van der Waals surface area contributed by atoms with Crippen LogP contribution in [0.25, 0.3) is 0 Å². The highest BCUT2D eigenvalue weighted by atomic mass is 79.9. The van der Waals surface area contributed by atoms with Crippen molar-refractivity contribution in [3.8, 4) is 0 Å². The van der Waals surface area contributed by atoms with Gasteiger partial charge in [0, 0.05) is 11.4 Å². The highest BCUT2D eigenvalue weighted by Gasteiger charge is 2.33. The van der Waals surface area contributed by atoms with Gasteiger partial charge in [0.15, 0.2) is 0 Å². The Labute approximate surface area is 131 Å². The Kier molecular flexibility index (Phi) is 4.29. The maximum Gasteiger partial charge on any atom is 0.418 e. The molecule has 3 nitrogen and oxygen atoms in total. The molecule has 8 heteroatoms. The topological polar surface area (TPSA) is 55.1 Å². The Morgan fingerprint density at radius 3 is 2.52 bits per heavy atom. The number of hydrogen-bond donors (Lipinski definition) is 2. The summed E-state index contributed by atoms with van der Waals surface area (Å²) in [5, 5.41) is 2.43. The van der Waals surface area contributed by atoms with Gasteiger partial charge in [0.25, 0.3) is 5.91 Å². The number of benzene rings is 1. The van der Waals surface area contributed by atoms with Gasteiger partial charge < -0.3 is 11.1 Å². The van der Waals surface area contributed by atoms with E-state index in [0.717, 1.165) is 21.5 Å². The molecule has 0 spiro atoms. The molecule has 0 radical (unpaired) electrons. The summed E-state index contributed by atoms with van der Waals surface area (Å²) in [5.74, 6) is -0.466. The molecule has 1 aromatic carbocycles. The Bertz CT molecular complexity index is 678. The third-order valence-electron chi connectivity index (χ3n) is 2.70. The molecular weight excluding hydrogens is 369 g/mol. The van der Waals surface area contributed by atoms with Crippen LogP contribution >= 0.6 is 27.3 Å². The fraction of sp³-hybridized carbons (Fsp3) is 0.154. The van der Waals surface area contributed by atoms with Crippen LogP contribution in [0.15, 0.2) is 28.1 Å². The number of carbonyl (C=O) groups excluding carboxylic acids is 1. The summed E-state index contributed by atoms with van der Waals surface area (Å²) in [4.78, 5) is 12.4. The van der Waals surface area contributed by atoms with Crippen molar-refractivity contribution in [2.24, 2.45) is 0 Å². The molecule has 2 rings (SSSR count). The monoisotopic (exact) mass is 378 g/mol. The van der Waals surface area contributed by atoms with Crippen LogP contribution in [-0.4, -0.2) is 5.91 Å². The van der Waals surface area contributed by atoms with E-state index < -0.39 is 17.6 Å². The molecule has 1 aromatic heterocycles. The van der Waals surface area contributed by atoms with E-state index in [0.29, 0.717) is 4.88 Å². The molecule has 21 heavy (non-hydrogen) atoms. The van der Waals surface area contributed by atoms with Crippen LogP contribution in [0.5, 0.6) is 0 Å². The molecule has 0 fully saturated rings. The van der Waals surface area contributed by atoms with E-state index in [1.165, 1.54) is 17.4 Å². The standard InChI is InChI=1S/C13H10BrF3N2OS/c1-6-4-10(21-11(6)14)12(20)19-7-2-3-9(18)8(5-7)13(15,16)17/h2-5H,18H2,1H3,(H,19,20). The zero-order valence-electron chi connectivity index (χ0n) is 10.7. The largest absolute Gasteiger partial charge is 0.418 e. The molecule has 0 atom stereocenters. The van der Waals surface area contributed by atoms with E-state index in [2.05, 4.69) is 21.2 Å². The highest BCUT2D eigenvalue weighted by Crippen LogP contribution is 2.35. The third-order valence-corrected chi connectivity index (χ3v) is 4.83. The second-order valence-corrected chi connectivity index (χ2v) is 6.69. The van der Waals surface area contributed by atoms with Crippen molar-refractivity contribution in [2.45, 2.75) is 13.1 Å². The molecule has 0 bridgehead atoms. The van der Waals surface area contributed by atoms with Crippen LogP contribution in [0.4, 0.5) is 24.5 Å². The van der Waals surface area contributed by atoms with Crippen molar-refractivity contribution in [2.75, 3.05) is 11.1 Å². The Balaban J connectivity index is 2.26. The van der Waals surface area contributed by atoms with E-state index in [1.54, 1.807) is 6.07 Å². The van der Waals surface area contributed by atoms with Gasteiger partial charge in [-0.05, 0) is 52.7 Å². The first kappa shape index (κ1) is 15.8. The molecule has 2 aromatic rings. The maximum atomic E-state index is 12.7. The number of nitrogens with one attached hydrogen (secondary N) is 1. The van der Waals surface area contributed by atoms with Gasteiger partial charge in [0.2, 0.25) is 0 Å². The van der Waals surface area contributed by atoms with E-state index in [4.69, 9.17) is 5.73 Å². The summed E-state index contributed by atoms with van der Waals surface area (Å²) in [7, 11) is 0. The molecule has 112 valence electrons. The van der Waals surface area contributed by atoms with Crippen LogP contribution in [0, 0.1) is 6.92 Å². The minimum atomic E-state index is -4.56. The van der Waals surface area contributed by atoms with Crippen LogP contribution in [0.3, 0.4) is 0 Å². The summed E-state index contributed by atoms with van der Waals surface area (Å²) in [6.07, 6.45) is -4.56. The normalized spacial score (nSPS) is 11.5. The van der Waals surface area contributed by atoms with Gasteiger partial charge in [0.1, 0.15) is 0 Å². The van der Waals surface area contributed by atoms with Gasteiger partial charge in [-0.2, -0.15) is 13.2 Å². The first-order chi connectivity index (χ1) is 9.68. The summed E-state index contributed by atoms with van der Waals surface area (Å²) in [5.41, 5.74) is 4.89. The average Bonchev–Trinajstić information content (AvgIpc) is 2.71. The number of rotatable bonds is 2. The molecule has 0 aliphatic rings. The molecule has 0 unspecified atom stereocenters. The predicted molar refractivity (Wildman–Crippen MR) is 80.6 cm³/mol. The zero-order valence-corrected chi connectivity index (χ0v) is 13.1. The first-order valence-corrected chi connectivity index (χ1v) is 7.33. The van der Waals surface area contributed by atoms with Crippen molar-refractivity contribution in [1.82, 2.24) is 0 Å². The van der Waals surface area contributed by atoms with Gasteiger partial charge in [-0.1, -0.05) is 0 Å². The molecule has 0 saturated heterocycles. The molecule has 0 saturated carbocycles. The number of halogens is 4. The predicted octanol–water partition coefficient (Wildman–Crippen LogP) is 4.67. The number of thiophene rings is 1. The number of nitrogen functional groups attached to an aromatic ring is 1. The quantitative estimate of drug-likeness (QED) is 0.745. The van der Waals surface area contributed by atoms with E-state index in [9.17, 15) is 18.0 Å². The number of carbonyl (C=O) groups is 1. The minimum Gasteiger partial charge on any atom is -0.398 e. The molecular formula is C13H10BrF3N2OS. The van der Waals surface area contributed by atoms with Gasteiger partial charge in [0.05, 0.1) is 14.2 Å². The number of hydrogen-bond acceptors (Lipinski definition) is 3. The SMILES string of the molecule is Cc1cc(C(=O)Nc2ccc(N)c(C(F)(F)F)c2)sc1Br. The second-order valence-electron chi connectivity index (χ2n) is 4.32. The van der Waals surface area contributed by atoms with Crippen LogP contribution in [0.1, 0.15) is 20.8 Å². The molecule has 1 heterocycles. The first-order valence-electron chi connectivity index (χ1n) is 5.72. The Morgan fingerprint density at radius 1 is 1.33 bits per heavy atom. The summed E-state index contributed by atoms with van der Waals surface area (Å²) >= 11 is 4.50. The summed E-state index contributed by atoms with van der Waals surface area (Å²) < 4.78 is 39.1. The van der Waals surface area contributed by atoms with Crippen molar-refractivity contribution in [1.29, 1.82) is 0 Å². The smallest absolute Gasteiger partial charge is 0.398 e. The number of anilines is 2. The van der Waals surface area contributed by atoms with Gasteiger partial charge in [-0.3, -0.25) is 4.79 Å². The molecule has 3 N–H and O–H groups in total. The number of aryl methyl sites for hydroxylation is 1. The lowest BCUT2D eigenvalue weighted by Crippen LogP contribution is -2.13. The maximum absolute atomic E-state index is 12.7. The van der Waals surface area contributed by atoms with E-state index >= 15 is 0 Å². The van der Waals surface area contributed by atoms with Gasteiger partial charge >= 0.3 is 6.18 Å². The van der Waals surface area contributed by atoms with Crippen molar-refractivity contribution < 1.29 is 18.0 Å². The van der Waals surface area contributed by atoms with Crippen molar-refractivity contribution >= 4 is 44.5 Å². The summed E-state index contributed by atoms with van der Waals surface area (Å²) in [6.45, 7) is 1.82. The minimum absolute atomic E-state index is 0.0451. The summed E-state index contributed by atoms with van der Waals surface area (Å²) in [6, 6.07) is 4.93. The van der Waals surface area contributed by atoms with E-state index in [-0.39, 0.29) is 11.4 Å². The molecule has 1 amide bonds. The van der Waals surface area contributed by atoms with Crippen molar-refractivity contribution in [3.63, 3.8) is 0 Å². The lowest BCUT2D eigenvalue weighted by atomic mass is 10.1.